The molecule has 204 valence electrons. The minimum absolute atomic E-state index is 0.0446. The molecule has 0 radical (unpaired) electrons. The highest BCUT2D eigenvalue weighted by atomic mass is 35.5. The van der Waals surface area contributed by atoms with Gasteiger partial charge in [-0.1, -0.05) is 28.9 Å². The van der Waals surface area contributed by atoms with Crippen molar-refractivity contribution >= 4 is 23.3 Å². The molecule has 0 N–H and O–H groups in total. The van der Waals surface area contributed by atoms with E-state index in [9.17, 15) is 19.7 Å². The number of aromatic nitrogens is 5. The van der Waals surface area contributed by atoms with Gasteiger partial charge in [0.2, 0.25) is 5.88 Å². The number of rotatable bonds is 7. The van der Waals surface area contributed by atoms with Crippen molar-refractivity contribution in [3.8, 4) is 11.6 Å². The van der Waals surface area contributed by atoms with E-state index in [-0.39, 0.29) is 41.6 Å². The van der Waals surface area contributed by atoms with Crippen molar-refractivity contribution < 1.29 is 19.2 Å². The fourth-order valence-electron chi connectivity index (χ4n) is 4.56. The number of nitrogens with zero attached hydrogens (tertiary/aromatic N) is 6. The van der Waals surface area contributed by atoms with Crippen LogP contribution >= 0.6 is 11.6 Å². The molecular formula is C27H23ClN6O6. The molecule has 0 fully saturated rings. The van der Waals surface area contributed by atoms with Crippen LogP contribution in [0.3, 0.4) is 0 Å². The minimum Gasteiger partial charge on any atom is -0.463 e. The zero-order valence-corrected chi connectivity index (χ0v) is 22.5. The van der Waals surface area contributed by atoms with E-state index in [4.69, 9.17) is 21.1 Å². The van der Waals surface area contributed by atoms with Crippen LogP contribution in [0.5, 0.6) is 5.88 Å². The molecule has 3 heterocycles. The quantitative estimate of drug-likeness (QED) is 0.184. The van der Waals surface area contributed by atoms with Crippen LogP contribution in [0.2, 0.25) is 5.02 Å². The molecule has 0 amide bonds. The van der Waals surface area contributed by atoms with Crippen molar-refractivity contribution in [3.63, 3.8) is 0 Å². The van der Waals surface area contributed by atoms with Gasteiger partial charge < -0.3 is 9.47 Å². The molecule has 2 aromatic heterocycles. The molecule has 0 saturated carbocycles. The number of carbonyl (C=O) groups excluding carboxylic acids is 1. The monoisotopic (exact) mass is 562 g/mol. The van der Waals surface area contributed by atoms with Gasteiger partial charge in [0.15, 0.2) is 0 Å². The summed E-state index contributed by atoms with van der Waals surface area (Å²) < 4.78 is 14.1. The first kappa shape index (κ1) is 26.8. The van der Waals surface area contributed by atoms with Crippen LogP contribution < -0.4 is 10.3 Å². The first-order chi connectivity index (χ1) is 19.2. The Hall–Kier alpha value is -4.84. The normalized spacial score (nSPS) is 14.4. The van der Waals surface area contributed by atoms with E-state index in [0.29, 0.717) is 22.1 Å². The van der Waals surface area contributed by atoms with Crippen LogP contribution in [0.4, 0.5) is 5.69 Å². The summed E-state index contributed by atoms with van der Waals surface area (Å²) in [5.74, 6) is -0.951. The Balaban J connectivity index is 1.60. The second-order valence-corrected chi connectivity index (χ2v) is 9.41. The van der Waals surface area contributed by atoms with Crippen molar-refractivity contribution in [2.24, 2.45) is 0 Å². The van der Waals surface area contributed by atoms with Gasteiger partial charge in [0, 0.05) is 17.2 Å². The predicted octanol–water partition coefficient (Wildman–Crippen LogP) is 4.10. The first-order valence-corrected chi connectivity index (χ1v) is 12.6. The number of fused-ring (bicyclic) bond motifs is 1. The van der Waals surface area contributed by atoms with E-state index in [1.807, 2.05) is 0 Å². The predicted molar refractivity (Wildman–Crippen MR) is 144 cm³/mol. The topological polar surface area (TPSA) is 144 Å². The standard InChI is InChI=1S/C27H23ClN6O6/c1-4-39-27(36)22-15(2)40-25-24(23(22)17-5-9-21(10-6-17)34(37)38)26(35)32(16(3)29-25)13-19-14-33(31-30-19)20-11-7-18(28)8-12-20/h5-12,14,23H,4,13H2,1-3H3. The highest BCUT2D eigenvalue weighted by Crippen LogP contribution is 2.41. The van der Waals surface area contributed by atoms with Crippen LogP contribution in [0.25, 0.3) is 5.69 Å². The summed E-state index contributed by atoms with van der Waals surface area (Å²) in [6.45, 7) is 5.07. The molecule has 0 bridgehead atoms. The number of hydrogen-bond acceptors (Lipinski definition) is 9. The summed E-state index contributed by atoms with van der Waals surface area (Å²) in [6.07, 6.45) is 1.69. The molecule has 0 saturated heterocycles. The van der Waals surface area contributed by atoms with Gasteiger partial charge in [-0.05, 0) is 50.6 Å². The Labute approximate surface area is 232 Å². The molecule has 1 unspecified atom stereocenters. The Kier molecular flexibility index (Phi) is 7.18. The number of non-ortho nitro benzene ring substituents is 1. The SMILES string of the molecule is CCOC(=O)C1=C(C)Oc2nc(C)n(Cc3cn(-c4ccc(Cl)cc4)nn3)c(=O)c2C1c1ccc([N+](=O)[O-])cc1. The van der Waals surface area contributed by atoms with Crippen LogP contribution in [0.15, 0.2) is 70.9 Å². The van der Waals surface area contributed by atoms with E-state index < -0.39 is 22.4 Å². The third-order valence-electron chi connectivity index (χ3n) is 6.45. The highest BCUT2D eigenvalue weighted by Gasteiger charge is 2.38. The van der Waals surface area contributed by atoms with Gasteiger partial charge in [-0.2, -0.15) is 4.98 Å². The molecule has 12 nitrogen and oxygen atoms in total. The molecule has 0 aliphatic carbocycles. The lowest BCUT2D eigenvalue weighted by Crippen LogP contribution is -2.34. The van der Waals surface area contributed by atoms with E-state index in [2.05, 4.69) is 15.3 Å². The Morgan fingerprint density at radius 1 is 1.15 bits per heavy atom. The van der Waals surface area contributed by atoms with Gasteiger partial charge in [0.1, 0.15) is 17.3 Å². The minimum atomic E-state index is -0.930. The largest absolute Gasteiger partial charge is 0.463 e. The fourth-order valence-corrected chi connectivity index (χ4v) is 4.68. The molecule has 1 aliphatic rings. The number of nitro groups is 1. The second-order valence-electron chi connectivity index (χ2n) is 8.97. The Bertz CT molecular complexity index is 1710. The molecule has 2 aromatic carbocycles. The lowest BCUT2D eigenvalue weighted by atomic mass is 9.83. The maximum atomic E-state index is 14.0. The summed E-state index contributed by atoms with van der Waals surface area (Å²) in [4.78, 5) is 42.3. The van der Waals surface area contributed by atoms with Gasteiger partial charge in [-0.3, -0.25) is 19.5 Å². The third-order valence-corrected chi connectivity index (χ3v) is 6.70. The number of halogens is 1. The molecule has 40 heavy (non-hydrogen) atoms. The maximum Gasteiger partial charge on any atom is 0.338 e. The first-order valence-electron chi connectivity index (χ1n) is 12.3. The number of hydrogen-bond donors (Lipinski definition) is 0. The van der Waals surface area contributed by atoms with Crippen molar-refractivity contribution in [2.45, 2.75) is 33.2 Å². The molecule has 0 spiro atoms. The van der Waals surface area contributed by atoms with Crippen LogP contribution in [-0.2, 0) is 16.1 Å². The Morgan fingerprint density at radius 2 is 1.85 bits per heavy atom. The van der Waals surface area contributed by atoms with Crippen LogP contribution in [0, 0.1) is 17.0 Å². The number of carbonyl (C=O) groups is 1. The number of allylic oxidation sites excluding steroid dienone is 1. The number of benzene rings is 2. The number of aryl methyl sites for hydroxylation is 1. The molecule has 5 rings (SSSR count). The molecule has 1 aliphatic heterocycles. The van der Waals surface area contributed by atoms with Gasteiger partial charge >= 0.3 is 5.97 Å². The lowest BCUT2D eigenvalue weighted by Gasteiger charge is -2.28. The average Bonchev–Trinajstić information content (AvgIpc) is 3.39. The fraction of sp³-hybridized carbons (Fsp3) is 0.222. The molecule has 13 heteroatoms. The number of ether oxygens (including phenoxy) is 2. The van der Waals surface area contributed by atoms with Gasteiger partial charge in [0.05, 0.1) is 47.0 Å². The smallest absolute Gasteiger partial charge is 0.338 e. The van der Waals surface area contributed by atoms with Crippen molar-refractivity contribution in [2.75, 3.05) is 6.61 Å². The van der Waals surface area contributed by atoms with Gasteiger partial charge in [0.25, 0.3) is 11.2 Å². The number of nitro benzene ring substituents is 1. The molecular weight excluding hydrogens is 540 g/mol. The average molecular weight is 563 g/mol. The van der Waals surface area contributed by atoms with E-state index in [1.54, 1.807) is 55.9 Å². The van der Waals surface area contributed by atoms with Crippen molar-refractivity contribution in [1.82, 2.24) is 24.5 Å². The van der Waals surface area contributed by atoms with Gasteiger partial charge in [-0.25, -0.2) is 9.48 Å². The van der Waals surface area contributed by atoms with Crippen LogP contribution in [0.1, 0.15) is 42.4 Å². The van der Waals surface area contributed by atoms with Crippen LogP contribution in [-0.4, -0.2) is 42.0 Å². The summed E-state index contributed by atoms with van der Waals surface area (Å²) in [5.41, 5.74) is 1.34. The summed E-state index contributed by atoms with van der Waals surface area (Å²) >= 11 is 5.98. The highest BCUT2D eigenvalue weighted by molar-refractivity contribution is 6.30. The Morgan fingerprint density at radius 3 is 2.50 bits per heavy atom. The van der Waals surface area contributed by atoms with Crippen molar-refractivity contribution in [3.05, 3.63) is 114 Å². The van der Waals surface area contributed by atoms with E-state index in [1.165, 1.54) is 28.8 Å². The summed E-state index contributed by atoms with van der Waals surface area (Å²) in [7, 11) is 0. The third kappa shape index (κ3) is 4.96. The van der Waals surface area contributed by atoms with E-state index in [0.717, 1.165) is 5.69 Å². The zero-order chi connectivity index (χ0) is 28.6. The van der Waals surface area contributed by atoms with Gasteiger partial charge in [-0.15, -0.1) is 5.10 Å². The van der Waals surface area contributed by atoms with Crippen molar-refractivity contribution in [1.29, 1.82) is 0 Å². The van der Waals surface area contributed by atoms with E-state index >= 15 is 0 Å². The lowest BCUT2D eigenvalue weighted by molar-refractivity contribution is -0.384. The molecule has 4 aromatic rings. The zero-order valence-electron chi connectivity index (χ0n) is 21.7. The summed E-state index contributed by atoms with van der Waals surface area (Å²) in [5, 5.41) is 20.2. The second kappa shape index (κ2) is 10.7. The maximum absolute atomic E-state index is 14.0. The summed E-state index contributed by atoms with van der Waals surface area (Å²) in [6, 6.07) is 12.7. The number of esters is 1. The molecule has 1 atom stereocenters.